The number of carboxylic acids is 1. The molecule has 1 unspecified atom stereocenters. The van der Waals surface area contributed by atoms with Crippen molar-refractivity contribution in [2.45, 2.75) is 57.5 Å². The molecular weight excluding hydrogens is 248 g/mol. The molecule has 2 amide bonds. The number of nitrogens with one attached hydrogen (secondary N) is 1. The third-order valence-corrected chi connectivity index (χ3v) is 3.84. The zero-order valence-corrected chi connectivity index (χ0v) is 11.7. The highest BCUT2D eigenvalue weighted by Gasteiger charge is 2.46. The van der Waals surface area contributed by atoms with Crippen molar-refractivity contribution in [3.63, 3.8) is 0 Å². The third kappa shape index (κ3) is 3.24. The van der Waals surface area contributed by atoms with Crippen LogP contribution in [0.1, 0.15) is 46.0 Å². The van der Waals surface area contributed by atoms with Crippen LogP contribution in [-0.4, -0.2) is 46.4 Å². The van der Waals surface area contributed by atoms with Crippen molar-refractivity contribution >= 4 is 17.8 Å². The normalized spacial score (nSPS) is 19.3. The first kappa shape index (κ1) is 15.5. The molecule has 1 rings (SSSR count). The summed E-state index contributed by atoms with van der Waals surface area (Å²) in [6, 6.07) is -0.708. The molecule has 0 saturated heterocycles. The molecule has 0 aliphatic heterocycles. The Labute approximate surface area is 113 Å². The summed E-state index contributed by atoms with van der Waals surface area (Å²) in [7, 11) is 1.51. The van der Waals surface area contributed by atoms with Gasteiger partial charge in [-0.25, -0.2) is 4.79 Å². The summed E-state index contributed by atoms with van der Waals surface area (Å²) in [5.74, 6) is -1.63. The fraction of sp³-hybridized carbons (Fsp3) is 0.769. The number of rotatable bonds is 4. The second-order valence-electron chi connectivity index (χ2n) is 5.22. The molecule has 19 heavy (non-hydrogen) atoms. The van der Waals surface area contributed by atoms with Gasteiger partial charge in [-0.3, -0.25) is 9.59 Å². The maximum absolute atomic E-state index is 12.2. The summed E-state index contributed by atoms with van der Waals surface area (Å²) in [6.07, 6.45) is 3.55. The number of carbonyl (C=O) groups is 3. The monoisotopic (exact) mass is 270 g/mol. The quantitative estimate of drug-likeness (QED) is 0.789. The number of aliphatic carboxylic acids is 1. The molecule has 0 spiro atoms. The SMILES string of the molecule is CC(=O)NC(C)C(=O)N(C)C1(C(=O)O)CCCCC1. The lowest BCUT2D eigenvalue weighted by molar-refractivity contribution is -0.161. The average molecular weight is 270 g/mol. The lowest BCUT2D eigenvalue weighted by Crippen LogP contribution is -2.60. The number of carbonyl (C=O) groups excluding carboxylic acids is 2. The van der Waals surface area contributed by atoms with Crippen molar-refractivity contribution in [1.29, 1.82) is 0 Å². The molecule has 0 radical (unpaired) electrons. The van der Waals surface area contributed by atoms with Gasteiger partial charge in [0.1, 0.15) is 11.6 Å². The number of hydrogen-bond donors (Lipinski definition) is 2. The van der Waals surface area contributed by atoms with Gasteiger partial charge in [-0.05, 0) is 19.8 Å². The molecule has 0 heterocycles. The largest absolute Gasteiger partial charge is 0.479 e. The maximum Gasteiger partial charge on any atom is 0.329 e. The van der Waals surface area contributed by atoms with Gasteiger partial charge in [0.25, 0.3) is 0 Å². The summed E-state index contributed by atoms with van der Waals surface area (Å²) in [6.45, 7) is 2.90. The van der Waals surface area contributed by atoms with Gasteiger partial charge in [0.15, 0.2) is 0 Å². The average Bonchev–Trinajstić information content (AvgIpc) is 2.36. The number of nitrogens with zero attached hydrogens (tertiary/aromatic N) is 1. The van der Waals surface area contributed by atoms with E-state index in [0.29, 0.717) is 12.8 Å². The van der Waals surface area contributed by atoms with E-state index in [4.69, 9.17) is 0 Å². The Morgan fingerprint density at radius 3 is 2.16 bits per heavy atom. The highest BCUT2D eigenvalue weighted by atomic mass is 16.4. The van der Waals surface area contributed by atoms with Gasteiger partial charge in [0.05, 0.1) is 0 Å². The van der Waals surface area contributed by atoms with Crippen LogP contribution in [-0.2, 0) is 14.4 Å². The highest BCUT2D eigenvalue weighted by molar-refractivity contribution is 5.91. The van der Waals surface area contributed by atoms with Gasteiger partial charge in [-0.1, -0.05) is 19.3 Å². The van der Waals surface area contributed by atoms with E-state index in [1.165, 1.54) is 18.9 Å². The third-order valence-electron chi connectivity index (χ3n) is 3.84. The van der Waals surface area contributed by atoms with Gasteiger partial charge in [-0.2, -0.15) is 0 Å². The Kier molecular flexibility index (Phi) is 4.91. The first-order valence-electron chi connectivity index (χ1n) is 6.59. The first-order chi connectivity index (χ1) is 8.81. The zero-order chi connectivity index (χ0) is 14.6. The van der Waals surface area contributed by atoms with Gasteiger partial charge < -0.3 is 15.3 Å². The Morgan fingerprint density at radius 2 is 1.74 bits per heavy atom. The molecule has 1 atom stereocenters. The van der Waals surface area contributed by atoms with E-state index in [0.717, 1.165) is 19.3 Å². The minimum absolute atomic E-state index is 0.303. The van der Waals surface area contributed by atoms with Gasteiger partial charge in [-0.15, -0.1) is 0 Å². The van der Waals surface area contributed by atoms with Gasteiger partial charge in [0.2, 0.25) is 11.8 Å². The number of likely N-dealkylation sites (N-methyl/N-ethyl adjacent to an activating group) is 1. The number of hydrogen-bond acceptors (Lipinski definition) is 3. The molecular formula is C13H22N2O4. The predicted octanol–water partition coefficient (Wildman–Crippen LogP) is 0.757. The molecule has 1 fully saturated rings. The fourth-order valence-corrected chi connectivity index (χ4v) is 2.70. The van der Waals surface area contributed by atoms with Crippen LogP contribution >= 0.6 is 0 Å². The first-order valence-corrected chi connectivity index (χ1v) is 6.59. The summed E-state index contributed by atoms with van der Waals surface area (Å²) in [4.78, 5) is 36.1. The Bertz CT molecular complexity index is 375. The van der Waals surface area contributed by atoms with Crippen molar-refractivity contribution < 1.29 is 19.5 Å². The van der Waals surface area contributed by atoms with Crippen LogP contribution in [0.3, 0.4) is 0 Å². The van der Waals surface area contributed by atoms with Crippen molar-refractivity contribution in [3.05, 3.63) is 0 Å². The van der Waals surface area contributed by atoms with Crippen LogP contribution in [0.25, 0.3) is 0 Å². The van der Waals surface area contributed by atoms with E-state index in [1.54, 1.807) is 6.92 Å². The van der Waals surface area contributed by atoms with Crippen molar-refractivity contribution in [1.82, 2.24) is 10.2 Å². The molecule has 108 valence electrons. The fourth-order valence-electron chi connectivity index (χ4n) is 2.70. The molecule has 6 heteroatoms. The lowest BCUT2D eigenvalue weighted by atomic mass is 9.80. The second-order valence-corrected chi connectivity index (χ2v) is 5.22. The van der Waals surface area contributed by atoms with Crippen molar-refractivity contribution in [3.8, 4) is 0 Å². The smallest absolute Gasteiger partial charge is 0.329 e. The van der Waals surface area contributed by atoms with Crippen molar-refractivity contribution in [2.24, 2.45) is 0 Å². The molecule has 6 nitrogen and oxygen atoms in total. The van der Waals surface area contributed by atoms with Crippen LogP contribution in [0.2, 0.25) is 0 Å². The second kappa shape index (κ2) is 6.04. The lowest BCUT2D eigenvalue weighted by Gasteiger charge is -2.41. The van der Waals surface area contributed by atoms with Crippen molar-refractivity contribution in [2.75, 3.05) is 7.05 Å². The van der Waals surface area contributed by atoms with E-state index >= 15 is 0 Å². The Balaban J connectivity index is 2.87. The topological polar surface area (TPSA) is 86.7 Å². The molecule has 0 aromatic rings. The van der Waals surface area contributed by atoms with Gasteiger partial charge >= 0.3 is 5.97 Å². The molecule has 1 aliphatic carbocycles. The molecule has 0 aromatic carbocycles. The molecule has 2 N–H and O–H groups in total. The molecule has 0 bridgehead atoms. The zero-order valence-electron chi connectivity index (χ0n) is 11.7. The van der Waals surface area contributed by atoms with Crippen LogP contribution < -0.4 is 5.32 Å². The van der Waals surface area contributed by atoms with Crippen LogP contribution in [0.15, 0.2) is 0 Å². The predicted molar refractivity (Wildman–Crippen MR) is 69.5 cm³/mol. The highest BCUT2D eigenvalue weighted by Crippen LogP contribution is 2.33. The number of amides is 2. The van der Waals surface area contributed by atoms with E-state index in [1.807, 2.05) is 0 Å². The standard InChI is InChI=1S/C13H22N2O4/c1-9(14-10(2)16)11(17)15(3)13(12(18)19)7-5-4-6-8-13/h9H,4-8H2,1-3H3,(H,14,16)(H,18,19). The summed E-state index contributed by atoms with van der Waals surface area (Å²) in [5, 5.41) is 12.0. The van der Waals surface area contributed by atoms with E-state index in [9.17, 15) is 19.5 Å². The Morgan fingerprint density at radius 1 is 1.21 bits per heavy atom. The molecule has 1 saturated carbocycles. The number of carboxylic acid groups (broad SMARTS) is 1. The van der Waals surface area contributed by atoms with Crippen LogP contribution in [0.4, 0.5) is 0 Å². The van der Waals surface area contributed by atoms with Gasteiger partial charge in [0, 0.05) is 14.0 Å². The van der Waals surface area contributed by atoms with E-state index < -0.39 is 17.6 Å². The molecule has 1 aliphatic rings. The Hall–Kier alpha value is -1.59. The summed E-state index contributed by atoms with van der Waals surface area (Å²) < 4.78 is 0. The van der Waals surface area contributed by atoms with E-state index in [-0.39, 0.29) is 11.8 Å². The van der Waals surface area contributed by atoms with E-state index in [2.05, 4.69) is 5.32 Å². The maximum atomic E-state index is 12.2. The van der Waals surface area contributed by atoms with Crippen LogP contribution in [0, 0.1) is 0 Å². The minimum atomic E-state index is -1.12. The summed E-state index contributed by atoms with van der Waals surface area (Å²) >= 11 is 0. The molecule has 0 aromatic heterocycles. The van der Waals surface area contributed by atoms with Crippen LogP contribution in [0.5, 0.6) is 0 Å². The minimum Gasteiger partial charge on any atom is -0.479 e. The summed E-state index contributed by atoms with van der Waals surface area (Å²) in [5.41, 5.74) is -1.12.